The van der Waals surface area contributed by atoms with E-state index in [0.717, 1.165) is 0 Å². The lowest BCUT2D eigenvalue weighted by atomic mass is 10.2. The van der Waals surface area contributed by atoms with Gasteiger partial charge in [-0.3, -0.25) is 9.35 Å². The van der Waals surface area contributed by atoms with Crippen LogP contribution < -0.4 is 5.32 Å². The molecule has 1 saturated heterocycles. The number of ether oxygens (including phenoxy) is 2. The Morgan fingerprint density at radius 1 is 1.40 bits per heavy atom. The maximum Gasteiger partial charge on any atom is 0.446 e. The minimum atomic E-state index is -5.74. The quantitative estimate of drug-likeness (QED) is 0.338. The Hall–Kier alpha value is -0.840. The van der Waals surface area contributed by atoms with Crippen molar-refractivity contribution in [2.75, 3.05) is 26.4 Å². The highest BCUT2D eigenvalue weighted by Crippen LogP contribution is 2.20. The second-order valence-electron chi connectivity index (χ2n) is 4.34. The minimum absolute atomic E-state index is 0.102. The Morgan fingerprint density at radius 2 is 2.05 bits per heavy atom. The van der Waals surface area contributed by atoms with Crippen LogP contribution in [-0.2, 0) is 24.4 Å². The molecule has 0 saturated carbocycles. The Bertz CT molecular complexity index is 423. The van der Waals surface area contributed by atoms with E-state index in [2.05, 4.69) is 0 Å². The van der Waals surface area contributed by atoms with Crippen LogP contribution in [0.25, 0.3) is 0 Å². The summed E-state index contributed by atoms with van der Waals surface area (Å²) in [6, 6.07) is 0. The zero-order valence-corrected chi connectivity index (χ0v) is 11.5. The smallest absolute Gasteiger partial charge is 0.379 e. The second-order valence-corrected chi connectivity index (χ2v) is 5.80. The summed E-state index contributed by atoms with van der Waals surface area (Å²) in [4.78, 5) is 10.9. The highest BCUT2D eigenvalue weighted by Gasteiger charge is 2.52. The SMILES string of the molecule is O=C(NCCCCCOCC1CO1)C(F)(F)S(=O)(=O)O. The van der Waals surface area contributed by atoms with Crippen molar-refractivity contribution in [2.24, 2.45) is 0 Å². The fourth-order valence-corrected chi connectivity index (χ4v) is 1.61. The van der Waals surface area contributed by atoms with Gasteiger partial charge in [-0.05, 0) is 19.3 Å². The van der Waals surface area contributed by atoms with Gasteiger partial charge in [-0.2, -0.15) is 17.2 Å². The molecule has 0 bridgehead atoms. The third-order valence-corrected chi connectivity index (χ3v) is 3.38. The van der Waals surface area contributed by atoms with Gasteiger partial charge in [-0.25, -0.2) is 0 Å². The van der Waals surface area contributed by atoms with E-state index in [-0.39, 0.29) is 12.6 Å². The predicted molar refractivity (Wildman–Crippen MR) is 63.9 cm³/mol. The average molecular weight is 317 g/mol. The fraction of sp³-hybridized carbons (Fsp3) is 0.900. The number of carbonyl (C=O) groups is 1. The van der Waals surface area contributed by atoms with Gasteiger partial charge in [0.2, 0.25) is 0 Å². The van der Waals surface area contributed by atoms with Crippen molar-refractivity contribution in [1.29, 1.82) is 0 Å². The van der Waals surface area contributed by atoms with Gasteiger partial charge in [0.15, 0.2) is 0 Å². The largest absolute Gasteiger partial charge is 0.446 e. The maximum atomic E-state index is 12.8. The molecule has 1 fully saturated rings. The molecule has 10 heteroatoms. The van der Waals surface area contributed by atoms with Gasteiger partial charge in [-0.1, -0.05) is 0 Å². The molecular weight excluding hydrogens is 300 g/mol. The molecular formula is C10H17F2NO6S. The van der Waals surface area contributed by atoms with Gasteiger partial charge in [0.1, 0.15) is 6.10 Å². The van der Waals surface area contributed by atoms with E-state index in [9.17, 15) is 22.0 Å². The van der Waals surface area contributed by atoms with Crippen LogP contribution >= 0.6 is 0 Å². The van der Waals surface area contributed by atoms with Crippen LogP contribution in [0, 0.1) is 0 Å². The van der Waals surface area contributed by atoms with Gasteiger partial charge in [0.25, 0.3) is 0 Å². The van der Waals surface area contributed by atoms with Crippen molar-refractivity contribution in [3.63, 3.8) is 0 Å². The first-order valence-corrected chi connectivity index (χ1v) is 7.51. The molecule has 1 unspecified atom stereocenters. The summed E-state index contributed by atoms with van der Waals surface area (Å²) in [6.07, 6.45) is 1.91. The molecule has 20 heavy (non-hydrogen) atoms. The second kappa shape index (κ2) is 7.25. The van der Waals surface area contributed by atoms with Crippen LogP contribution in [-0.4, -0.2) is 56.6 Å². The molecule has 7 nitrogen and oxygen atoms in total. The highest BCUT2D eigenvalue weighted by molar-refractivity contribution is 7.87. The Morgan fingerprint density at radius 3 is 2.60 bits per heavy atom. The number of halogens is 2. The van der Waals surface area contributed by atoms with Crippen LogP contribution in [0.4, 0.5) is 8.78 Å². The normalized spacial score (nSPS) is 18.9. The first kappa shape index (κ1) is 17.2. The molecule has 1 aliphatic heterocycles. The van der Waals surface area contributed by atoms with E-state index in [1.165, 1.54) is 0 Å². The molecule has 2 N–H and O–H groups in total. The van der Waals surface area contributed by atoms with Crippen LogP contribution in [0.3, 0.4) is 0 Å². The Kier molecular flexibility index (Phi) is 6.24. The Labute approximate surface area is 115 Å². The summed E-state index contributed by atoms with van der Waals surface area (Å²) in [6.45, 7) is 1.66. The summed E-state index contributed by atoms with van der Waals surface area (Å²) in [5.41, 5.74) is 0. The first-order valence-electron chi connectivity index (χ1n) is 6.07. The molecule has 1 amide bonds. The van der Waals surface area contributed by atoms with E-state index in [4.69, 9.17) is 14.0 Å². The van der Waals surface area contributed by atoms with Crippen molar-refractivity contribution in [1.82, 2.24) is 5.32 Å². The molecule has 1 rings (SSSR count). The molecule has 0 aliphatic carbocycles. The summed E-state index contributed by atoms with van der Waals surface area (Å²) in [5.74, 6) is -2.03. The molecule has 1 aliphatic rings. The molecule has 0 aromatic heterocycles. The third kappa shape index (κ3) is 5.65. The van der Waals surface area contributed by atoms with Crippen LogP contribution in [0.2, 0.25) is 0 Å². The van der Waals surface area contributed by atoms with Crippen LogP contribution in [0.1, 0.15) is 19.3 Å². The van der Waals surface area contributed by atoms with Gasteiger partial charge >= 0.3 is 21.3 Å². The van der Waals surface area contributed by atoms with E-state index >= 15 is 0 Å². The summed E-state index contributed by atoms with van der Waals surface area (Å²) >= 11 is 0. The van der Waals surface area contributed by atoms with Gasteiger partial charge < -0.3 is 14.8 Å². The fourth-order valence-electron chi connectivity index (χ4n) is 1.31. The minimum Gasteiger partial charge on any atom is -0.379 e. The molecule has 1 atom stereocenters. The number of rotatable bonds is 10. The number of amides is 1. The first-order chi connectivity index (χ1) is 9.25. The van der Waals surface area contributed by atoms with Gasteiger partial charge in [0, 0.05) is 13.2 Å². The van der Waals surface area contributed by atoms with E-state index in [1.807, 2.05) is 0 Å². The van der Waals surface area contributed by atoms with E-state index in [0.29, 0.717) is 39.1 Å². The molecule has 1 heterocycles. The van der Waals surface area contributed by atoms with Gasteiger partial charge in [0.05, 0.1) is 13.2 Å². The maximum absolute atomic E-state index is 12.8. The van der Waals surface area contributed by atoms with E-state index in [1.54, 1.807) is 5.32 Å². The molecule has 0 aromatic rings. The average Bonchev–Trinajstić information content (AvgIpc) is 3.14. The molecule has 118 valence electrons. The third-order valence-electron chi connectivity index (χ3n) is 2.55. The van der Waals surface area contributed by atoms with Crippen molar-refractivity contribution >= 4 is 16.0 Å². The lowest BCUT2D eigenvalue weighted by Crippen LogP contribution is -2.45. The topological polar surface area (TPSA) is 105 Å². The number of carbonyl (C=O) groups excluding carboxylic acids is 1. The lowest BCUT2D eigenvalue weighted by Gasteiger charge is -2.12. The zero-order chi connectivity index (χ0) is 15.2. The Balaban J connectivity index is 2.03. The molecule has 0 spiro atoms. The summed E-state index contributed by atoms with van der Waals surface area (Å²) in [5, 5.41) is -3.06. The number of hydrogen-bond acceptors (Lipinski definition) is 5. The number of nitrogens with one attached hydrogen (secondary N) is 1. The van der Waals surface area contributed by atoms with Crippen molar-refractivity contribution < 1.29 is 36.0 Å². The zero-order valence-electron chi connectivity index (χ0n) is 10.7. The van der Waals surface area contributed by atoms with Gasteiger partial charge in [-0.15, -0.1) is 0 Å². The standard InChI is InChI=1S/C10H17F2NO6S/c11-10(12,20(15,16)17)9(14)13-4-2-1-3-5-18-6-8-7-19-8/h8H,1-7H2,(H,13,14)(H,15,16,17). The number of alkyl halides is 2. The number of hydrogen-bond donors (Lipinski definition) is 2. The van der Waals surface area contributed by atoms with Crippen molar-refractivity contribution in [2.45, 2.75) is 30.6 Å². The summed E-state index contributed by atoms with van der Waals surface area (Å²) < 4.78 is 64.5. The van der Waals surface area contributed by atoms with Crippen molar-refractivity contribution in [3.05, 3.63) is 0 Å². The summed E-state index contributed by atoms with van der Waals surface area (Å²) in [7, 11) is -5.74. The molecule has 0 aromatic carbocycles. The number of unbranched alkanes of at least 4 members (excludes halogenated alkanes) is 2. The lowest BCUT2D eigenvalue weighted by molar-refractivity contribution is -0.136. The predicted octanol–water partition coefficient (Wildman–Crippen LogP) is 0.169. The monoisotopic (exact) mass is 317 g/mol. The van der Waals surface area contributed by atoms with Crippen molar-refractivity contribution in [3.8, 4) is 0 Å². The molecule has 0 radical (unpaired) electrons. The number of epoxide rings is 1. The van der Waals surface area contributed by atoms with Crippen LogP contribution in [0.5, 0.6) is 0 Å². The van der Waals surface area contributed by atoms with Crippen LogP contribution in [0.15, 0.2) is 0 Å². The highest BCUT2D eigenvalue weighted by atomic mass is 32.2. The van der Waals surface area contributed by atoms with E-state index < -0.39 is 21.3 Å².